The van der Waals surface area contributed by atoms with Gasteiger partial charge in [-0.1, -0.05) is 43.3 Å². The third-order valence-electron chi connectivity index (χ3n) is 5.75. The number of benzene rings is 1. The van der Waals surface area contributed by atoms with Gasteiger partial charge in [0.1, 0.15) is 17.1 Å². The molecule has 1 N–H and O–H groups in total. The summed E-state index contributed by atoms with van der Waals surface area (Å²) < 4.78 is 4.29. The van der Waals surface area contributed by atoms with Gasteiger partial charge >= 0.3 is 5.69 Å². The maximum atomic E-state index is 13.3. The molecule has 0 saturated carbocycles. The van der Waals surface area contributed by atoms with Gasteiger partial charge in [0.25, 0.3) is 5.56 Å². The summed E-state index contributed by atoms with van der Waals surface area (Å²) in [5.41, 5.74) is 1.83. The van der Waals surface area contributed by atoms with E-state index in [1.165, 1.54) is 11.6 Å². The minimum atomic E-state index is -0.591. The second-order valence-electron chi connectivity index (χ2n) is 8.13. The van der Waals surface area contributed by atoms with E-state index in [2.05, 4.69) is 5.32 Å². The summed E-state index contributed by atoms with van der Waals surface area (Å²) in [4.78, 5) is 39.6. The molecule has 3 aromatic heterocycles. The largest absolute Gasteiger partial charge is 0.338 e. The van der Waals surface area contributed by atoms with Crippen molar-refractivity contribution in [3.05, 3.63) is 97.3 Å². The van der Waals surface area contributed by atoms with Crippen molar-refractivity contribution in [3.8, 4) is 10.6 Å². The lowest BCUT2D eigenvalue weighted by molar-refractivity contribution is 0.104. The Morgan fingerprint density at radius 1 is 1.09 bits per heavy atom. The predicted octanol–water partition coefficient (Wildman–Crippen LogP) is 3.58. The molecule has 0 radical (unpaired) electrons. The molecule has 0 spiro atoms. The monoisotopic (exact) mass is 473 g/mol. The van der Waals surface area contributed by atoms with Gasteiger partial charge in [-0.15, -0.1) is 11.3 Å². The number of hydrogen-bond donors (Lipinski definition) is 1. The fourth-order valence-electron chi connectivity index (χ4n) is 4.11. The number of nitrogens with one attached hydrogen (secondary N) is 1. The highest BCUT2D eigenvalue weighted by molar-refractivity contribution is 7.13. The summed E-state index contributed by atoms with van der Waals surface area (Å²) in [7, 11) is 1.40. The zero-order valence-electron chi connectivity index (χ0n) is 18.8. The van der Waals surface area contributed by atoms with Crippen LogP contribution in [0, 0.1) is 0 Å². The Labute approximate surface area is 199 Å². The molecule has 5 rings (SSSR count). The molecule has 1 aliphatic heterocycles. The van der Waals surface area contributed by atoms with Crippen molar-refractivity contribution in [1.82, 2.24) is 18.9 Å². The van der Waals surface area contributed by atoms with Crippen molar-refractivity contribution in [3.63, 3.8) is 0 Å². The Hall–Kier alpha value is -3.98. The summed E-state index contributed by atoms with van der Waals surface area (Å²) >= 11 is 1.56. The van der Waals surface area contributed by atoms with Gasteiger partial charge in [-0.3, -0.25) is 23.4 Å². The van der Waals surface area contributed by atoms with Crippen molar-refractivity contribution >= 4 is 29.0 Å². The Balaban J connectivity index is 1.60. The van der Waals surface area contributed by atoms with Crippen LogP contribution in [0.4, 0.5) is 5.82 Å². The number of fused-ring (bicyclic) bond motifs is 1. The van der Waals surface area contributed by atoms with Crippen LogP contribution in [0.3, 0.4) is 0 Å². The molecule has 1 aromatic carbocycles. The second kappa shape index (κ2) is 8.75. The number of carbonyl (C=O) groups is 1. The third kappa shape index (κ3) is 3.73. The molecule has 0 fully saturated rings. The average Bonchev–Trinajstić information content (AvgIpc) is 3.56. The van der Waals surface area contributed by atoms with E-state index >= 15 is 0 Å². The Bertz CT molecular complexity index is 1530. The van der Waals surface area contributed by atoms with Gasteiger partial charge in [-0.2, -0.15) is 5.10 Å². The van der Waals surface area contributed by atoms with E-state index in [1.807, 2.05) is 65.6 Å². The first-order valence-corrected chi connectivity index (χ1v) is 11.9. The number of aromatic nitrogens is 4. The summed E-state index contributed by atoms with van der Waals surface area (Å²) in [6, 6.07) is 13.9. The molecule has 0 aliphatic carbocycles. The smallest absolute Gasteiger partial charge is 0.332 e. The number of thiophene rings is 1. The molecule has 34 heavy (non-hydrogen) atoms. The second-order valence-corrected chi connectivity index (χ2v) is 9.08. The fourth-order valence-corrected chi connectivity index (χ4v) is 4.84. The highest BCUT2D eigenvalue weighted by Gasteiger charge is 2.32. The third-order valence-corrected chi connectivity index (χ3v) is 6.62. The molecule has 4 heterocycles. The molecule has 0 unspecified atom stereocenters. The number of Topliss-reactive ketones (excluding diaryl/α,β-unsaturated/α-hetero) is 1. The molecule has 0 atom stereocenters. The average molecular weight is 474 g/mol. The molecular formula is C25H23N5O3S. The van der Waals surface area contributed by atoms with E-state index < -0.39 is 17.0 Å². The van der Waals surface area contributed by atoms with Crippen LogP contribution in [-0.2, 0) is 20.1 Å². The summed E-state index contributed by atoms with van der Waals surface area (Å²) in [5.74, 6) is -0.158. The molecule has 0 saturated heterocycles. The lowest BCUT2D eigenvalue weighted by Crippen LogP contribution is -2.40. The normalized spacial score (nSPS) is 13.9. The number of allylic oxidation sites excluding steroid dienone is 1. The van der Waals surface area contributed by atoms with E-state index in [9.17, 15) is 14.4 Å². The van der Waals surface area contributed by atoms with Gasteiger partial charge in [-0.25, -0.2) is 4.79 Å². The van der Waals surface area contributed by atoms with Crippen LogP contribution in [0.2, 0.25) is 0 Å². The minimum absolute atomic E-state index is 0.00356. The number of nitrogens with zero attached hydrogens (tertiary/aromatic N) is 4. The van der Waals surface area contributed by atoms with Crippen LogP contribution in [0.1, 0.15) is 34.8 Å². The SMILES string of the molecule is CCCn1c2c(c(=O)n(C)c1=O)C(=O)/C(=C/c1cn(Cc3ccccc3)nc1-c1cccs1)N2. The topological polar surface area (TPSA) is 90.9 Å². The standard InChI is InChI=1S/C25H23N5O3S/c1-3-11-30-23-20(24(32)28(2)25(30)33)22(31)18(26-23)13-17-15-29(14-16-8-5-4-6-9-16)27-21(17)19-10-7-12-34-19/h4-10,12-13,15,26H,3,11,14H2,1-2H3/b18-13-. The van der Waals surface area contributed by atoms with Crippen LogP contribution in [-0.4, -0.2) is 24.7 Å². The molecule has 9 heteroatoms. The van der Waals surface area contributed by atoms with Gasteiger partial charge in [0, 0.05) is 25.4 Å². The molecule has 8 nitrogen and oxygen atoms in total. The van der Waals surface area contributed by atoms with Crippen molar-refractivity contribution < 1.29 is 4.79 Å². The van der Waals surface area contributed by atoms with Crippen molar-refractivity contribution in [2.45, 2.75) is 26.4 Å². The van der Waals surface area contributed by atoms with Gasteiger partial charge in [0.15, 0.2) is 0 Å². The zero-order chi connectivity index (χ0) is 23.8. The summed E-state index contributed by atoms with van der Waals surface area (Å²) in [6.07, 6.45) is 4.30. The molecule has 0 bridgehead atoms. The van der Waals surface area contributed by atoms with Crippen LogP contribution < -0.4 is 16.6 Å². The number of carbonyl (C=O) groups excluding carboxylic acids is 1. The Morgan fingerprint density at radius 2 is 1.88 bits per heavy atom. The highest BCUT2D eigenvalue weighted by Crippen LogP contribution is 2.31. The molecule has 172 valence electrons. The Kier molecular flexibility index (Phi) is 5.62. The molecular weight excluding hydrogens is 450 g/mol. The molecule has 1 aliphatic rings. The van der Waals surface area contributed by atoms with Crippen LogP contribution in [0.5, 0.6) is 0 Å². The van der Waals surface area contributed by atoms with Crippen molar-refractivity contribution in [2.24, 2.45) is 7.05 Å². The number of rotatable bonds is 6. The number of anilines is 1. The van der Waals surface area contributed by atoms with E-state index in [-0.39, 0.29) is 17.1 Å². The van der Waals surface area contributed by atoms with E-state index in [0.29, 0.717) is 19.5 Å². The molecule has 0 amide bonds. The number of hydrogen-bond acceptors (Lipinski definition) is 6. The maximum absolute atomic E-state index is 13.3. The van der Waals surface area contributed by atoms with Gasteiger partial charge < -0.3 is 5.32 Å². The summed E-state index contributed by atoms with van der Waals surface area (Å²) in [6.45, 7) is 2.92. The van der Waals surface area contributed by atoms with E-state index in [1.54, 1.807) is 17.4 Å². The minimum Gasteiger partial charge on any atom is -0.338 e. The predicted molar refractivity (Wildman–Crippen MR) is 133 cm³/mol. The lowest BCUT2D eigenvalue weighted by Gasteiger charge is -2.11. The van der Waals surface area contributed by atoms with E-state index in [0.717, 1.165) is 26.3 Å². The zero-order valence-corrected chi connectivity index (χ0v) is 19.6. The van der Waals surface area contributed by atoms with Crippen LogP contribution in [0.25, 0.3) is 16.6 Å². The van der Waals surface area contributed by atoms with Gasteiger partial charge in [0.05, 0.1) is 17.1 Å². The number of ketones is 1. The first-order valence-electron chi connectivity index (χ1n) is 11.0. The first-order chi connectivity index (χ1) is 16.5. The lowest BCUT2D eigenvalue weighted by atomic mass is 10.1. The van der Waals surface area contributed by atoms with Crippen LogP contribution >= 0.6 is 11.3 Å². The fraction of sp³-hybridized carbons (Fsp3) is 0.200. The van der Waals surface area contributed by atoms with Crippen molar-refractivity contribution in [2.75, 3.05) is 5.32 Å². The van der Waals surface area contributed by atoms with E-state index in [4.69, 9.17) is 5.10 Å². The van der Waals surface area contributed by atoms with Crippen LogP contribution in [0.15, 0.2) is 69.3 Å². The van der Waals surface area contributed by atoms with Crippen molar-refractivity contribution in [1.29, 1.82) is 0 Å². The van der Waals surface area contributed by atoms with Gasteiger partial charge in [-0.05, 0) is 29.5 Å². The molecule has 4 aromatic rings. The maximum Gasteiger partial charge on any atom is 0.332 e. The summed E-state index contributed by atoms with van der Waals surface area (Å²) in [5, 5.41) is 9.81. The quantitative estimate of drug-likeness (QED) is 0.432. The Morgan fingerprint density at radius 3 is 2.59 bits per heavy atom. The first kappa shape index (κ1) is 21.8. The van der Waals surface area contributed by atoms with Gasteiger partial charge in [0.2, 0.25) is 5.78 Å². The highest BCUT2D eigenvalue weighted by atomic mass is 32.1.